The van der Waals surface area contributed by atoms with Gasteiger partial charge in [-0.2, -0.15) is 0 Å². The van der Waals surface area contributed by atoms with E-state index in [1.807, 2.05) is 30.3 Å². The van der Waals surface area contributed by atoms with Crippen molar-refractivity contribution in [2.45, 2.75) is 12.5 Å². The average molecular weight is 240 g/mol. The minimum Gasteiger partial charge on any atom is -0.486 e. The summed E-state index contributed by atoms with van der Waals surface area (Å²) >= 11 is 7.27. The van der Waals surface area contributed by atoms with Crippen LogP contribution in [0.3, 0.4) is 0 Å². The minimum absolute atomic E-state index is 0.506. The lowest BCUT2D eigenvalue weighted by Gasteiger charge is -2.02. The summed E-state index contributed by atoms with van der Waals surface area (Å²) in [5, 5.41) is 0.953. The van der Waals surface area contributed by atoms with Crippen LogP contribution in [0.15, 0.2) is 36.5 Å². The predicted molar refractivity (Wildman–Crippen MR) is 62.4 cm³/mol. The van der Waals surface area contributed by atoms with Crippen LogP contribution in [-0.2, 0) is 12.5 Å². The highest BCUT2D eigenvalue weighted by molar-refractivity contribution is 7.11. The predicted octanol–water partition coefficient (Wildman–Crippen LogP) is 3.46. The molecule has 0 saturated carbocycles. The molecule has 0 spiro atoms. The second-order valence-corrected chi connectivity index (χ2v) is 4.42. The first-order valence-electron chi connectivity index (χ1n) is 4.56. The van der Waals surface area contributed by atoms with Gasteiger partial charge in [0.05, 0.1) is 5.88 Å². The van der Waals surface area contributed by atoms with Gasteiger partial charge in [0.1, 0.15) is 17.4 Å². The van der Waals surface area contributed by atoms with Crippen molar-refractivity contribution in [3.63, 3.8) is 0 Å². The first-order valence-corrected chi connectivity index (χ1v) is 5.91. The topological polar surface area (TPSA) is 22.1 Å². The van der Waals surface area contributed by atoms with E-state index in [4.69, 9.17) is 16.3 Å². The molecule has 0 bridgehead atoms. The molecule has 0 unspecified atom stereocenters. The largest absolute Gasteiger partial charge is 0.486 e. The van der Waals surface area contributed by atoms with Gasteiger partial charge in [0.25, 0.3) is 0 Å². The maximum atomic E-state index is 5.69. The Morgan fingerprint density at radius 1 is 1.27 bits per heavy atom. The molecule has 15 heavy (non-hydrogen) atoms. The molecular formula is C11H10ClNOS. The molecule has 0 atom stereocenters. The summed E-state index contributed by atoms with van der Waals surface area (Å²) in [5.74, 6) is 1.38. The molecule has 78 valence electrons. The van der Waals surface area contributed by atoms with Gasteiger partial charge in [0.2, 0.25) is 0 Å². The Morgan fingerprint density at radius 2 is 2.07 bits per heavy atom. The Kier molecular flexibility index (Phi) is 3.59. The van der Waals surface area contributed by atoms with Crippen molar-refractivity contribution in [1.29, 1.82) is 0 Å². The number of nitrogens with zero attached hydrogens (tertiary/aromatic N) is 1. The number of alkyl halides is 1. The van der Waals surface area contributed by atoms with E-state index >= 15 is 0 Å². The van der Waals surface area contributed by atoms with E-state index in [2.05, 4.69) is 4.98 Å². The van der Waals surface area contributed by atoms with Crippen LogP contribution < -0.4 is 4.74 Å². The van der Waals surface area contributed by atoms with E-state index < -0.39 is 0 Å². The van der Waals surface area contributed by atoms with Crippen LogP contribution in [0.4, 0.5) is 0 Å². The molecule has 2 aromatic rings. The summed E-state index contributed by atoms with van der Waals surface area (Å²) in [4.78, 5) is 5.28. The molecule has 0 saturated heterocycles. The second-order valence-electron chi connectivity index (χ2n) is 2.96. The maximum absolute atomic E-state index is 5.69. The lowest BCUT2D eigenvalue weighted by molar-refractivity contribution is 0.305. The Morgan fingerprint density at radius 3 is 2.73 bits per heavy atom. The summed E-state index contributed by atoms with van der Waals surface area (Å²) in [6.45, 7) is 0.506. The second kappa shape index (κ2) is 5.14. The zero-order chi connectivity index (χ0) is 10.5. The molecule has 0 radical (unpaired) electrons. The third-order valence-electron chi connectivity index (χ3n) is 1.84. The molecule has 1 aromatic carbocycles. The third kappa shape index (κ3) is 2.94. The molecule has 2 rings (SSSR count). The fourth-order valence-corrected chi connectivity index (χ4v) is 2.06. The molecule has 0 aliphatic rings. The quantitative estimate of drug-likeness (QED) is 0.763. The standard InChI is InChI=1S/C11H10ClNOS/c12-6-10-7-13-11(15-10)8-14-9-4-2-1-3-5-9/h1-5,7H,6,8H2. The molecule has 1 heterocycles. The Balaban J connectivity index is 1.93. The van der Waals surface area contributed by atoms with Crippen molar-refractivity contribution < 1.29 is 4.74 Å². The lowest BCUT2D eigenvalue weighted by atomic mass is 10.3. The Labute approximate surface area is 97.5 Å². The molecule has 1 aromatic heterocycles. The van der Waals surface area contributed by atoms with Crippen LogP contribution in [0.1, 0.15) is 9.88 Å². The summed E-state index contributed by atoms with van der Waals surface area (Å²) < 4.78 is 5.55. The van der Waals surface area contributed by atoms with Gasteiger partial charge in [0, 0.05) is 11.1 Å². The van der Waals surface area contributed by atoms with Crippen molar-refractivity contribution in [2.75, 3.05) is 0 Å². The number of benzene rings is 1. The van der Waals surface area contributed by atoms with Crippen LogP contribution in [-0.4, -0.2) is 4.98 Å². The fourth-order valence-electron chi connectivity index (χ4n) is 1.14. The normalized spacial score (nSPS) is 10.2. The van der Waals surface area contributed by atoms with Crippen molar-refractivity contribution in [2.24, 2.45) is 0 Å². The first-order chi connectivity index (χ1) is 7.38. The summed E-state index contributed by atoms with van der Waals surface area (Å²) in [6, 6.07) is 9.71. The van der Waals surface area contributed by atoms with Crippen LogP contribution in [0.5, 0.6) is 5.75 Å². The smallest absolute Gasteiger partial charge is 0.140 e. The van der Waals surface area contributed by atoms with Gasteiger partial charge in [-0.25, -0.2) is 4.98 Å². The van der Waals surface area contributed by atoms with Crippen LogP contribution in [0, 0.1) is 0 Å². The van der Waals surface area contributed by atoms with Gasteiger partial charge in [-0.1, -0.05) is 18.2 Å². The SMILES string of the molecule is ClCc1cnc(COc2ccccc2)s1. The highest BCUT2D eigenvalue weighted by Gasteiger charge is 2.01. The number of hydrogen-bond acceptors (Lipinski definition) is 3. The van der Waals surface area contributed by atoms with E-state index in [0.29, 0.717) is 12.5 Å². The number of ether oxygens (including phenoxy) is 1. The molecule has 0 aliphatic carbocycles. The number of thiazole rings is 1. The van der Waals surface area contributed by atoms with Crippen LogP contribution in [0.25, 0.3) is 0 Å². The number of halogens is 1. The van der Waals surface area contributed by atoms with E-state index in [9.17, 15) is 0 Å². The number of para-hydroxylation sites is 1. The highest BCUT2D eigenvalue weighted by Crippen LogP contribution is 2.17. The lowest BCUT2D eigenvalue weighted by Crippen LogP contribution is -1.93. The van der Waals surface area contributed by atoms with Gasteiger partial charge < -0.3 is 4.74 Å². The van der Waals surface area contributed by atoms with Crippen molar-refractivity contribution in [3.8, 4) is 5.75 Å². The van der Waals surface area contributed by atoms with Crippen LogP contribution >= 0.6 is 22.9 Å². The van der Waals surface area contributed by atoms with E-state index in [1.54, 1.807) is 17.5 Å². The highest BCUT2D eigenvalue weighted by atomic mass is 35.5. The first kappa shape index (κ1) is 10.5. The third-order valence-corrected chi connectivity index (χ3v) is 3.26. The average Bonchev–Trinajstić information content (AvgIpc) is 2.76. The molecule has 0 aliphatic heterocycles. The zero-order valence-corrected chi connectivity index (χ0v) is 9.59. The summed E-state index contributed by atoms with van der Waals surface area (Å²) in [5.41, 5.74) is 0. The van der Waals surface area contributed by atoms with Crippen molar-refractivity contribution in [3.05, 3.63) is 46.4 Å². The van der Waals surface area contributed by atoms with Crippen LogP contribution in [0.2, 0.25) is 0 Å². The zero-order valence-electron chi connectivity index (χ0n) is 8.02. The number of aromatic nitrogens is 1. The van der Waals surface area contributed by atoms with E-state index in [1.165, 1.54) is 0 Å². The molecule has 0 amide bonds. The molecular weight excluding hydrogens is 230 g/mol. The molecule has 0 N–H and O–H groups in total. The Hall–Kier alpha value is -1.06. The molecule has 4 heteroatoms. The number of rotatable bonds is 4. The fraction of sp³-hybridized carbons (Fsp3) is 0.182. The van der Waals surface area contributed by atoms with Gasteiger partial charge in [-0.3, -0.25) is 0 Å². The van der Waals surface area contributed by atoms with E-state index in [0.717, 1.165) is 15.6 Å². The summed E-state index contributed by atoms with van der Waals surface area (Å²) in [7, 11) is 0. The molecule has 0 fully saturated rings. The Bertz CT molecular complexity index is 416. The maximum Gasteiger partial charge on any atom is 0.140 e. The van der Waals surface area contributed by atoms with Gasteiger partial charge >= 0.3 is 0 Å². The minimum atomic E-state index is 0.506. The van der Waals surface area contributed by atoms with Crippen molar-refractivity contribution >= 4 is 22.9 Å². The number of hydrogen-bond donors (Lipinski definition) is 0. The van der Waals surface area contributed by atoms with Gasteiger partial charge in [0.15, 0.2) is 0 Å². The van der Waals surface area contributed by atoms with E-state index in [-0.39, 0.29) is 0 Å². The molecule has 2 nitrogen and oxygen atoms in total. The monoisotopic (exact) mass is 239 g/mol. The van der Waals surface area contributed by atoms with Gasteiger partial charge in [-0.15, -0.1) is 22.9 Å². The van der Waals surface area contributed by atoms with Gasteiger partial charge in [-0.05, 0) is 12.1 Å². The summed E-state index contributed by atoms with van der Waals surface area (Å²) in [6.07, 6.45) is 1.79. The van der Waals surface area contributed by atoms with Crippen molar-refractivity contribution in [1.82, 2.24) is 4.98 Å².